The Hall–Kier alpha value is -0.610. The van der Waals surface area contributed by atoms with E-state index in [1.165, 1.54) is 17.9 Å². The maximum Gasteiger partial charge on any atom is 0.0761 e. The van der Waals surface area contributed by atoms with Crippen molar-refractivity contribution >= 4 is 11.8 Å². The van der Waals surface area contributed by atoms with Crippen molar-refractivity contribution in [1.82, 2.24) is 15.5 Å². The topological polar surface area (TPSA) is 27.3 Å². The predicted octanol–water partition coefficient (Wildman–Crippen LogP) is 2.38. The predicted molar refractivity (Wildman–Crippen MR) is 85.1 cm³/mol. The molecule has 0 saturated carbocycles. The van der Waals surface area contributed by atoms with Crippen molar-refractivity contribution in [3.63, 3.8) is 0 Å². The van der Waals surface area contributed by atoms with Crippen molar-refractivity contribution in [2.45, 2.75) is 44.1 Å². The first-order valence-electron chi connectivity index (χ1n) is 7.05. The van der Waals surface area contributed by atoms with Gasteiger partial charge < -0.3 is 15.5 Å². The third kappa shape index (κ3) is 2.52. The summed E-state index contributed by atoms with van der Waals surface area (Å²) >= 11 is 2.07. The quantitative estimate of drug-likeness (QED) is 0.830. The molecule has 0 bridgehead atoms. The van der Waals surface area contributed by atoms with Gasteiger partial charge in [0.1, 0.15) is 0 Å². The van der Waals surface area contributed by atoms with E-state index in [0.717, 1.165) is 12.1 Å². The van der Waals surface area contributed by atoms with E-state index in [0.29, 0.717) is 17.5 Å². The number of rotatable bonds is 3. The maximum absolute atomic E-state index is 4.38. The molecule has 0 spiro atoms. The van der Waals surface area contributed by atoms with Crippen molar-refractivity contribution < 1.29 is 0 Å². The first-order chi connectivity index (χ1) is 8.92. The van der Waals surface area contributed by atoms with Gasteiger partial charge in [0, 0.05) is 24.5 Å². The van der Waals surface area contributed by atoms with Gasteiger partial charge in [-0.2, -0.15) is 0 Å². The number of likely N-dealkylation sites (N-methyl/N-ethyl adjacent to an activating group) is 2. The molecule has 3 nitrogen and oxygen atoms in total. The van der Waals surface area contributed by atoms with Gasteiger partial charge in [0.05, 0.1) is 11.4 Å². The molecule has 2 aliphatic rings. The van der Waals surface area contributed by atoms with Crippen molar-refractivity contribution in [3.05, 3.63) is 24.6 Å². The number of hydrogen-bond donors (Lipinski definition) is 2. The minimum Gasteiger partial charge on any atom is -0.390 e. The molecule has 4 heteroatoms. The number of thioether (sulfide) groups is 1. The summed E-state index contributed by atoms with van der Waals surface area (Å²) in [4.78, 5) is 2.51. The molecule has 0 aromatic rings. The van der Waals surface area contributed by atoms with E-state index < -0.39 is 0 Å². The second-order valence-corrected chi connectivity index (χ2v) is 7.51. The van der Waals surface area contributed by atoms with E-state index in [4.69, 9.17) is 0 Å². The number of fused-ring (bicyclic) bond motifs is 1. The van der Waals surface area contributed by atoms with Crippen LogP contribution in [0.25, 0.3) is 0 Å². The molecule has 2 rings (SSSR count). The average Bonchev–Trinajstić information content (AvgIpc) is 2.54. The molecule has 2 aliphatic heterocycles. The van der Waals surface area contributed by atoms with E-state index in [1.54, 1.807) is 0 Å². The van der Waals surface area contributed by atoms with E-state index in [9.17, 15) is 0 Å². The molecule has 108 valence electrons. The van der Waals surface area contributed by atoms with Gasteiger partial charge in [0.15, 0.2) is 0 Å². The molecule has 0 aromatic carbocycles. The molecule has 3 unspecified atom stereocenters. The molecular formula is C15H27N3S. The minimum atomic E-state index is 0.232. The van der Waals surface area contributed by atoms with E-state index >= 15 is 0 Å². The van der Waals surface area contributed by atoms with Gasteiger partial charge in [-0.05, 0) is 31.1 Å². The van der Waals surface area contributed by atoms with Crippen LogP contribution < -0.4 is 10.6 Å². The second-order valence-electron chi connectivity index (χ2n) is 6.22. The zero-order valence-corrected chi connectivity index (χ0v) is 13.4. The Morgan fingerprint density at radius 1 is 1.42 bits per heavy atom. The lowest BCUT2D eigenvalue weighted by Gasteiger charge is -2.39. The van der Waals surface area contributed by atoms with Crippen LogP contribution >= 0.6 is 11.8 Å². The molecule has 0 radical (unpaired) electrons. The molecular weight excluding hydrogens is 254 g/mol. The lowest BCUT2D eigenvalue weighted by atomic mass is 9.83. The minimum absolute atomic E-state index is 0.232. The fourth-order valence-corrected chi connectivity index (χ4v) is 5.06. The molecule has 2 heterocycles. The van der Waals surface area contributed by atoms with Crippen LogP contribution in [0.4, 0.5) is 0 Å². The van der Waals surface area contributed by atoms with Crippen LogP contribution in [0.1, 0.15) is 26.7 Å². The monoisotopic (exact) mass is 281 g/mol. The fraction of sp³-hybridized carbons (Fsp3) is 0.733. The second kappa shape index (κ2) is 5.41. The van der Waals surface area contributed by atoms with Crippen molar-refractivity contribution in [2.75, 3.05) is 19.8 Å². The van der Waals surface area contributed by atoms with Gasteiger partial charge >= 0.3 is 0 Å². The SMILES string of the molecule is C=C(NC)C1N2C(=C)C(NC)CCSC2CC1(C)C. The van der Waals surface area contributed by atoms with Gasteiger partial charge in [0.2, 0.25) is 0 Å². The molecule has 2 N–H and O–H groups in total. The summed E-state index contributed by atoms with van der Waals surface area (Å²) in [7, 11) is 4.00. The average molecular weight is 281 g/mol. The van der Waals surface area contributed by atoms with Gasteiger partial charge in [-0.25, -0.2) is 0 Å². The highest BCUT2D eigenvalue weighted by Gasteiger charge is 2.49. The highest BCUT2D eigenvalue weighted by molar-refractivity contribution is 7.99. The van der Waals surface area contributed by atoms with Crippen LogP contribution in [0, 0.1) is 5.41 Å². The molecule has 19 heavy (non-hydrogen) atoms. The van der Waals surface area contributed by atoms with E-state index in [2.05, 4.69) is 54.3 Å². The molecule has 0 amide bonds. The summed E-state index contributed by atoms with van der Waals surface area (Å²) < 4.78 is 0. The molecule has 0 aliphatic carbocycles. The number of hydrogen-bond acceptors (Lipinski definition) is 4. The highest BCUT2D eigenvalue weighted by atomic mass is 32.2. The van der Waals surface area contributed by atoms with Crippen molar-refractivity contribution in [1.29, 1.82) is 0 Å². The summed E-state index contributed by atoms with van der Waals surface area (Å²) in [5, 5.41) is 7.21. The summed E-state index contributed by atoms with van der Waals surface area (Å²) in [6.07, 6.45) is 2.35. The molecule has 0 aromatic heterocycles. The largest absolute Gasteiger partial charge is 0.390 e. The van der Waals surface area contributed by atoms with Crippen LogP contribution in [0.3, 0.4) is 0 Å². The van der Waals surface area contributed by atoms with Crippen molar-refractivity contribution in [3.8, 4) is 0 Å². The zero-order valence-electron chi connectivity index (χ0n) is 12.6. The van der Waals surface area contributed by atoms with Gasteiger partial charge in [-0.15, -0.1) is 11.8 Å². The third-order valence-electron chi connectivity index (χ3n) is 4.48. The summed E-state index contributed by atoms with van der Waals surface area (Å²) in [6, 6.07) is 0.718. The summed E-state index contributed by atoms with van der Waals surface area (Å²) in [6.45, 7) is 13.3. The van der Waals surface area contributed by atoms with Crippen molar-refractivity contribution in [2.24, 2.45) is 5.41 Å². The Kier molecular flexibility index (Phi) is 4.21. The Bertz CT molecular complexity index is 378. The smallest absolute Gasteiger partial charge is 0.0761 e. The highest BCUT2D eigenvalue weighted by Crippen LogP contribution is 2.49. The standard InChI is InChI=1S/C15H27N3S/c1-10(16-5)14-15(3,4)9-13-18(14)11(2)12(17-6)7-8-19-13/h12-14,16-17H,1-2,7-9H2,3-6H3. The number of nitrogens with zero attached hydrogens (tertiary/aromatic N) is 1. The van der Waals surface area contributed by atoms with Crippen LogP contribution in [-0.2, 0) is 0 Å². The number of nitrogens with one attached hydrogen (secondary N) is 2. The molecule has 2 saturated heterocycles. The maximum atomic E-state index is 4.38. The Balaban J connectivity index is 2.35. The molecule has 3 atom stereocenters. The van der Waals surface area contributed by atoms with Gasteiger partial charge in [0.25, 0.3) is 0 Å². The first-order valence-corrected chi connectivity index (χ1v) is 8.09. The summed E-state index contributed by atoms with van der Waals surface area (Å²) in [5.41, 5.74) is 2.56. The lowest BCUT2D eigenvalue weighted by molar-refractivity contribution is 0.230. The Morgan fingerprint density at radius 2 is 2.11 bits per heavy atom. The van der Waals surface area contributed by atoms with E-state index in [-0.39, 0.29) is 5.41 Å². The zero-order chi connectivity index (χ0) is 14.2. The normalized spacial score (nSPS) is 33.8. The van der Waals surface area contributed by atoms with Crippen LogP contribution in [-0.4, -0.2) is 42.2 Å². The first kappa shape index (κ1) is 14.8. The molecule has 2 fully saturated rings. The van der Waals surface area contributed by atoms with E-state index in [1.807, 2.05) is 14.1 Å². The van der Waals surface area contributed by atoms with Crippen LogP contribution in [0.5, 0.6) is 0 Å². The van der Waals surface area contributed by atoms with Crippen LogP contribution in [0.2, 0.25) is 0 Å². The fourth-order valence-electron chi connectivity index (χ4n) is 3.45. The van der Waals surface area contributed by atoms with Gasteiger partial charge in [-0.1, -0.05) is 27.0 Å². The Labute approximate surface area is 121 Å². The summed E-state index contributed by atoms with van der Waals surface area (Å²) in [5.74, 6) is 1.19. The third-order valence-corrected chi connectivity index (χ3v) is 5.73. The van der Waals surface area contributed by atoms with Gasteiger partial charge in [-0.3, -0.25) is 0 Å². The Morgan fingerprint density at radius 3 is 2.68 bits per heavy atom. The lowest BCUT2D eigenvalue weighted by Crippen LogP contribution is -2.45. The van der Waals surface area contributed by atoms with Crippen LogP contribution in [0.15, 0.2) is 24.6 Å².